The summed E-state index contributed by atoms with van der Waals surface area (Å²) >= 11 is 1.25. The van der Waals surface area contributed by atoms with Crippen LogP contribution in [-0.4, -0.2) is 28.3 Å². The van der Waals surface area contributed by atoms with Crippen molar-refractivity contribution in [1.82, 2.24) is 9.97 Å². The Balaban J connectivity index is 1.47. The van der Waals surface area contributed by atoms with Gasteiger partial charge in [-0.2, -0.15) is 0 Å². The van der Waals surface area contributed by atoms with E-state index >= 15 is 0 Å². The van der Waals surface area contributed by atoms with Crippen LogP contribution < -0.4 is 9.80 Å². The summed E-state index contributed by atoms with van der Waals surface area (Å²) in [5.74, 6) is -1.13. The fourth-order valence-corrected chi connectivity index (χ4v) is 4.84. The Hall–Kier alpha value is -3.65. The fraction of sp³-hybridized carbons (Fsp3) is 0.167. The summed E-state index contributed by atoms with van der Waals surface area (Å²) in [6.07, 6.45) is 1.80. The number of para-hydroxylation sites is 1. The zero-order valence-corrected chi connectivity index (χ0v) is 17.8. The number of amides is 2. The van der Waals surface area contributed by atoms with Gasteiger partial charge in [0.15, 0.2) is 5.13 Å². The zero-order valence-electron chi connectivity index (χ0n) is 17.0. The minimum absolute atomic E-state index is 0.0845. The lowest BCUT2D eigenvalue weighted by Crippen LogP contribution is -2.37. The average Bonchev–Trinajstić information content (AvgIpc) is 3.41. The lowest BCUT2D eigenvalue weighted by molar-refractivity contribution is -0.124. The number of aromatic nitrogens is 2. The van der Waals surface area contributed by atoms with Crippen LogP contribution in [0.5, 0.6) is 0 Å². The van der Waals surface area contributed by atoms with E-state index < -0.39 is 5.92 Å². The molecule has 0 N–H and O–H groups in total. The van der Waals surface area contributed by atoms with Gasteiger partial charge in [0.1, 0.15) is 5.82 Å². The van der Waals surface area contributed by atoms with Gasteiger partial charge in [-0.05, 0) is 42.5 Å². The fourth-order valence-electron chi connectivity index (χ4n) is 3.85. The van der Waals surface area contributed by atoms with Crippen LogP contribution in [0.25, 0.3) is 10.2 Å². The van der Waals surface area contributed by atoms with Gasteiger partial charge in [0.25, 0.3) is 0 Å². The summed E-state index contributed by atoms with van der Waals surface area (Å²) in [7, 11) is 0. The van der Waals surface area contributed by atoms with Gasteiger partial charge in [0.05, 0.1) is 28.4 Å². The van der Waals surface area contributed by atoms with Gasteiger partial charge in [-0.3, -0.25) is 19.5 Å². The van der Waals surface area contributed by atoms with Crippen molar-refractivity contribution in [2.24, 2.45) is 5.92 Å². The van der Waals surface area contributed by atoms with Crippen LogP contribution in [0.3, 0.4) is 0 Å². The molecule has 0 radical (unpaired) electrons. The molecule has 6 nitrogen and oxygen atoms in total. The third kappa shape index (κ3) is 3.97. The summed E-state index contributed by atoms with van der Waals surface area (Å²) in [6.45, 7) is 0.526. The number of carbonyl (C=O) groups is 2. The van der Waals surface area contributed by atoms with Gasteiger partial charge < -0.3 is 4.90 Å². The first-order chi connectivity index (χ1) is 15.6. The van der Waals surface area contributed by atoms with E-state index in [1.165, 1.54) is 23.5 Å². The molecule has 1 aliphatic heterocycles. The first-order valence-corrected chi connectivity index (χ1v) is 11.0. The number of pyridine rings is 1. The van der Waals surface area contributed by atoms with Gasteiger partial charge in [-0.15, -0.1) is 0 Å². The molecular formula is C24H19FN4O2S. The van der Waals surface area contributed by atoms with Crippen molar-refractivity contribution in [3.05, 3.63) is 84.4 Å². The normalized spacial score (nSPS) is 16.0. The quantitative estimate of drug-likeness (QED) is 0.455. The maximum absolute atomic E-state index is 13.7. The molecular weight excluding hydrogens is 427 g/mol. The first-order valence-electron chi connectivity index (χ1n) is 10.2. The largest absolute Gasteiger partial charge is 0.312 e. The molecule has 3 heterocycles. The Kier molecular flexibility index (Phi) is 5.36. The molecule has 32 heavy (non-hydrogen) atoms. The highest BCUT2D eigenvalue weighted by Crippen LogP contribution is 2.33. The van der Waals surface area contributed by atoms with Crippen molar-refractivity contribution in [1.29, 1.82) is 0 Å². The maximum Gasteiger partial charge on any atom is 0.234 e. The smallest absolute Gasteiger partial charge is 0.234 e. The Morgan fingerprint density at radius 3 is 2.72 bits per heavy atom. The summed E-state index contributed by atoms with van der Waals surface area (Å²) < 4.78 is 14.4. The molecule has 0 unspecified atom stereocenters. The number of hydrogen-bond acceptors (Lipinski definition) is 5. The number of anilines is 2. The van der Waals surface area contributed by atoms with Gasteiger partial charge in [0.2, 0.25) is 11.8 Å². The number of halogens is 1. The number of thiazole rings is 1. The second-order valence-corrected chi connectivity index (χ2v) is 8.60. The Bertz CT molecular complexity index is 1280. The molecule has 0 bridgehead atoms. The predicted octanol–water partition coefficient (Wildman–Crippen LogP) is 4.42. The van der Waals surface area contributed by atoms with Crippen molar-refractivity contribution >= 4 is 44.2 Å². The Labute approximate surface area is 187 Å². The van der Waals surface area contributed by atoms with Crippen molar-refractivity contribution in [2.45, 2.75) is 13.0 Å². The molecule has 8 heteroatoms. The van der Waals surface area contributed by atoms with E-state index in [0.29, 0.717) is 27.6 Å². The second-order valence-electron chi connectivity index (χ2n) is 7.59. The van der Waals surface area contributed by atoms with Crippen LogP contribution >= 0.6 is 11.3 Å². The number of hydrogen-bond donors (Lipinski definition) is 0. The van der Waals surface area contributed by atoms with E-state index in [1.54, 1.807) is 22.1 Å². The van der Waals surface area contributed by atoms with Crippen molar-refractivity contribution in [3.63, 3.8) is 0 Å². The molecule has 0 spiro atoms. The summed E-state index contributed by atoms with van der Waals surface area (Å²) in [5.41, 5.74) is 2.11. The van der Waals surface area contributed by atoms with E-state index in [0.717, 1.165) is 5.69 Å². The first kappa shape index (κ1) is 20.3. The van der Waals surface area contributed by atoms with Gasteiger partial charge >= 0.3 is 0 Å². The Morgan fingerprint density at radius 1 is 1.12 bits per heavy atom. The van der Waals surface area contributed by atoms with Gasteiger partial charge in [0, 0.05) is 24.8 Å². The van der Waals surface area contributed by atoms with Crippen molar-refractivity contribution < 1.29 is 14.0 Å². The van der Waals surface area contributed by atoms with E-state index in [1.807, 2.05) is 48.5 Å². The van der Waals surface area contributed by atoms with Crippen LogP contribution in [-0.2, 0) is 16.1 Å². The molecule has 160 valence electrons. The second kappa shape index (κ2) is 8.47. The molecule has 1 atom stereocenters. The third-order valence-electron chi connectivity index (χ3n) is 5.42. The zero-order chi connectivity index (χ0) is 22.1. The monoisotopic (exact) mass is 446 g/mol. The molecule has 1 fully saturated rings. The van der Waals surface area contributed by atoms with Crippen LogP contribution in [0.4, 0.5) is 15.2 Å². The number of rotatable bonds is 5. The molecule has 5 rings (SSSR count). The van der Waals surface area contributed by atoms with Crippen LogP contribution in [0.2, 0.25) is 0 Å². The molecule has 2 aromatic heterocycles. The minimum Gasteiger partial charge on any atom is -0.312 e. The standard InChI is InChI=1S/C24H19FN4O2S/c25-17-9-10-20-21(13-17)32-24(27-20)29(15-18-6-4-5-11-26-18)23(31)16-12-22(30)28(14-16)19-7-2-1-3-8-19/h1-11,13,16H,12,14-15H2/t16-/m0/s1. The number of benzene rings is 2. The topological polar surface area (TPSA) is 66.4 Å². The molecule has 1 aliphatic rings. The highest BCUT2D eigenvalue weighted by Gasteiger charge is 2.38. The maximum atomic E-state index is 13.7. The number of carbonyl (C=O) groups excluding carboxylic acids is 2. The van der Waals surface area contributed by atoms with E-state index in [-0.39, 0.29) is 30.6 Å². The number of nitrogens with zero attached hydrogens (tertiary/aromatic N) is 4. The lowest BCUT2D eigenvalue weighted by atomic mass is 10.1. The van der Waals surface area contributed by atoms with Crippen molar-refractivity contribution in [3.8, 4) is 0 Å². The van der Waals surface area contributed by atoms with E-state index in [9.17, 15) is 14.0 Å². The van der Waals surface area contributed by atoms with Crippen LogP contribution in [0, 0.1) is 11.7 Å². The molecule has 1 saturated heterocycles. The summed E-state index contributed by atoms with van der Waals surface area (Å²) in [4.78, 5) is 38.4. The summed E-state index contributed by atoms with van der Waals surface area (Å²) in [5, 5.41) is 0.465. The highest BCUT2D eigenvalue weighted by atomic mass is 32.1. The molecule has 0 aliphatic carbocycles. The Morgan fingerprint density at radius 2 is 1.94 bits per heavy atom. The van der Waals surface area contributed by atoms with E-state index in [4.69, 9.17) is 0 Å². The highest BCUT2D eigenvalue weighted by molar-refractivity contribution is 7.22. The lowest BCUT2D eigenvalue weighted by Gasteiger charge is -2.23. The molecule has 2 amide bonds. The van der Waals surface area contributed by atoms with Crippen LogP contribution in [0.1, 0.15) is 12.1 Å². The van der Waals surface area contributed by atoms with Gasteiger partial charge in [-0.1, -0.05) is 35.6 Å². The minimum atomic E-state index is -0.504. The van der Waals surface area contributed by atoms with Crippen LogP contribution in [0.15, 0.2) is 72.9 Å². The molecule has 2 aromatic carbocycles. The number of fused-ring (bicyclic) bond motifs is 1. The average molecular weight is 447 g/mol. The van der Waals surface area contributed by atoms with Crippen molar-refractivity contribution in [2.75, 3.05) is 16.3 Å². The third-order valence-corrected chi connectivity index (χ3v) is 6.47. The molecule has 4 aromatic rings. The molecule has 0 saturated carbocycles. The van der Waals surface area contributed by atoms with E-state index in [2.05, 4.69) is 9.97 Å². The van der Waals surface area contributed by atoms with Gasteiger partial charge in [-0.25, -0.2) is 9.37 Å². The summed E-state index contributed by atoms with van der Waals surface area (Å²) in [6, 6.07) is 19.2. The SMILES string of the molecule is O=C1C[C@H](C(=O)N(Cc2ccccn2)c2nc3ccc(F)cc3s2)CN1c1ccccc1. The predicted molar refractivity (Wildman–Crippen MR) is 122 cm³/mol.